The maximum Gasteiger partial charge on any atom is 0.490 e. The van der Waals surface area contributed by atoms with Gasteiger partial charge in [0.05, 0.1) is 17.9 Å². The lowest BCUT2D eigenvalue weighted by atomic mass is 9.87. The zero-order valence-corrected chi connectivity index (χ0v) is 25.6. The number of fused-ring (bicyclic) bond motifs is 1. The summed E-state index contributed by atoms with van der Waals surface area (Å²) in [5, 5.41) is 28.6. The van der Waals surface area contributed by atoms with Gasteiger partial charge in [-0.3, -0.25) is 14.9 Å². The van der Waals surface area contributed by atoms with Crippen LogP contribution in [-0.4, -0.2) is 90.4 Å². The van der Waals surface area contributed by atoms with E-state index < -0.39 is 48.1 Å². The van der Waals surface area contributed by atoms with Crippen LogP contribution in [-0.2, 0) is 34.0 Å². The summed E-state index contributed by atoms with van der Waals surface area (Å²) in [6.45, 7) is 3.01. The summed E-state index contributed by atoms with van der Waals surface area (Å²) in [7, 11) is 0. The minimum Gasteiger partial charge on any atom is -0.475 e. The van der Waals surface area contributed by atoms with Crippen molar-refractivity contribution in [1.82, 2.24) is 20.0 Å². The van der Waals surface area contributed by atoms with E-state index in [9.17, 15) is 48.3 Å². The van der Waals surface area contributed by atoms with Crippen molar-refractivity contribution in [2.45, 2.75) is 62.7 Å². The lowest BCUT2D eigenvalue weighted by Gasteiger charge is -2.46. The second-order valence-electron chi connectivity index (χ2n) is 10.8. The fourth-order valence-electron chi connectivity index (χ4n) is 4.93. The monoisotopic (exact) mass is 751 g/mol. The number of benzene rings is 2. The quantitative estimate of drug-likeness (QED) is 0.222. The van der Waals surface area contributed by atoms with Gasteiger partial charge in [-0.05, 0) is 30.2 Å². The Kier molecular flexibility index (Phi) is 14.4. The van der Waals surface area contributed by atoms with Crippen LogP contribution in [0.4, 0.5) is 48.3 Å². The van der Waals surface area contributed by atoms with Gasteiger partial charge in [0.15, 0.2) is 0 Å². The average Bonchev–Trinajstić information content (AvgIpc) is 3.62. The van der Waals surface area contributed by atoms with Crippen LogP contribution >= 0.6 is 0 Å². The molecule has 0 amide bonds. The number of carboxylic acid groups (broad SMARTS) is 3. The molecule has 3 atom stereocenters. The first-order valence-electron chi connectivity index (χ1n) is 14.1. The minimum atomic E-state index is -5.08. The van der Waals surface area contributed by atoms with Gasteiger partial charge in [-0.2, -0.15) is 44.6 Å². The summed E-state index contributed by atoms with van der Waals surface area (Å²) in [5.41, 5.74) is 10.5. The number of carboxylic acids is 3. The molecule has 3 aromatic rings. The number of aromatic amines is 1. The molecular weight excluding hydrogens is 723 g/mol. The van der Waals surface area contributed by atoms with Gasteiger partial charge in [-0.25, -0.2) is 23.2 Å². The molecule has 6 N–H and O–H groups in total. The normalized spacial score (nSPS) is 19.3. The van der Waals surface area contributed by atoms with Crippen LogP contribution in [0, 0.1) is 11.6 Å². The van der Waals surface area contributed by atoms with E-state index in [0.717, 1.165) is 43.4 Å². The molecule has 1 saturated heterocycles. The topological polar surface area (TPSA) is 173 Å². The third-order valence-corrected chi connectivity index (χ3v) is 7.08. The number of hydrogen-bond donors (Lipinski definition) is 5. The highest BCUT2D eigenvalue weighted by Gasteiger charge is 2.41. The van der Waals surface area contributed by atoms with Crippen LogP contribution in [0.3, 0.4) is 0 Å². The Hall–Kier alpha value is -4.83. The summed E-state index contributed by atoms with van der Waals surface area (Å²) in [6, 6.07) is 13.3. The highest BCUT2D eigenvalue weighted by atomic mass is 19.4. The van der Waals surface area contributed by atoms with Crippen molar-refractivity contribution in [3.63, 3.8) is 0 Å². The molecule has 0 unspecified atom stereocenters. The second-order valence-corrected chi connectivity index (χ2v) is 10.8. The van der Waals surface area contributed by atoms with Crippen LogP contribution in [0.1, 0.15) is 34.8 Å². The molecule has 2 aliphatic heterocycles. The number of halogens is 11. The number of H-pyrrole nitrogens is 1. The Morgan fingerprint density at radius 2 is 1.33 bits per heavy atom. The molecule has 0 aliphatic carbocycles. The van der Waals surface area contributed by atoms with E-state index in [-0.39, 0.29) is 18.1 Å². The number of aromatic nitrogens is 2. The zero-order valence-electron chi connectivity index (χ0n) is 25.6. The van der Waals surface area contributed by atoms with Gasteiger partial charge < -0.3 is 21.1 Å². The molecule has 0 saturated carbocycles. The van der Waals surface area contributed by atoms with Crippen molar-refractivity contribution in [3.8, 4) is 0 Å². The molecule has 51 heavy (non-hydrogen) atoms. The van der Waals surface area contributed by atoms with Crippen molar-refractivity contribution in [2.75, 3.05) is 6.54 Å². The highest BCUT2D eigenvalue weighted by Crippen LogP contribution is 2.37. The van der Waals surface area contributed by atoms with E-state index in [0.29, 0.717) is 12.1 Å². The fraction of sp³-hybridized carbons (Fsp3) is 0.379. The summed E-state index contributed by atoms with van der Waals surface area (Å²) >= 11 is 0. The predicted molar refractivity (Wildman–Crippen MR) is 151 cm³/mol. The molecule has 0 radical (unpaired) electrons. The molecule has 11 nitrogen and oxygen atoms in total. The average molecular weight is 752 g/mol. The van der Waals surface area contributed by atoms with E-state index in [2.05, 4.69) is 32.1 Å². The fourth-order valence-corrected chi connectivity index (χ4v) is 4.93. The Morgan fingerprint density at radius 1 is 0.824 bits per heavy atom. The lowest BCUT2D eigenvalue weighted by molar-refractivity contribution is -0.193. The molecule has 1 fully saturated rings. The third kappa shape index (κ3) is 13.1. The first kappa shape index (κ1) is 42.3. The summed E-state index contributed by atoms with van der Waals surface area (Å²) in [6.07, 6.45) is -12.6. The van der Waals surface area contributed by atoms with E-state index in [4.69, 9.17) is 35.4 Å². The van der Waals surface area contributed by atoms with Crippen LogP contribution in [0.15, 0.2) is 54.7 Å². The number of likely N-dealkylation sites (tertiary alicyclic amines) is 1. The number of piperidine rings is 1. The van der Waals surface area contributed by atoms with Crippen LogP contribution in [0.2, 0.25) is 0 Å². The Balaban J connectivity index is 0.000000352. The van der Waals surface area contributed by atoms with E-state index in [1.807, 2.05) is 24.4 Å². The number of carbonyl (C=O) groups is 3. The highest BCUT2D eigenvalue weighted by molar-refractivity contribution is 5.73. The van der Waals surface area contributed by atoms with E-state index >= 15 is 0 Å². The third-order valence-electron chi connectivity index (χ3n) is 7.08. The van der Waals surface area contributed by atoms with Gasteiger partial charge in [0.2, 0.25) is 0 Å². The molecule has 22 heteroatoms. The van der Waals surface area contributed by atoms with Crippen molar-refractivity contribution < 1.29 is 78.0 Å². The minimum absolute atomic E-state index is 0.234. The first-order valence-corrected chi connectivity index (χ1v) is 14.1. The van der Waals surface area contributed by atoms with Crippen LogP contribution in [0.25, 0.3) is 0 Å². The SMILES string of the molecule is N[C@H]1C[C@@H](N2Cc3cn[nH]c3C2)CN(Cc2ccccc2)[C@@H]1c1cc(F)ccc1F.O=C(O)C(F)(F)F.O=C(O)C(F)(F)F.O=C(O)C(F)(F)F. The van der Waals surface area contributed by atoms with Gasteiger partial charge >= 0.3 is 36.4 Å². The van der Waals surface area contributed by atoms with Gasteiger partial charge in [0.25, 0.3) is 0 Å². The van der Waals surface area contributed by atoms with Gasteiger partial charge in [0.1, 0.15) is 11.6 Å². The molecule has 0 bridgehead atoms. The van der Waals surface area contributed by atoms with Crippen molar-refractivity contribution >= 4 is 17.9 Å². The number of aliphatic carboxylic acids is 3. The number of alkyl halides is 9. The second kappa shape index (κ2) is 17.4. The van der Waals surface area contributed by atoms with E-state index in [1.165, 1.54) is 17.7 Å². The van der Waals surface area contributed by atoms with Crippen molar-refractivity contribution in [1.29, 1.82) is 0 Å². The number of nitrogens with one attached hydrogen (secondary N) is 1. The molecule has 1 aromatic heterocycles. The van der Waals surface area contributed by atoms with Gasteiger partial charge in [0, 0.05) is 49.4 Å². The maximum absolute atomic E-state index is 14.7. The molecule has 3 heterocycles. The molecule has 2 aromatic carbocycles. The van der Waals surface area contributed by atoms with Gasteiger partial charge in [-0.15, -0.1) is 0 Å². The standard InChI is InChI=1S/C23H25F2N5.3C2HF3O2/c24-17-6-7-20(25)19(8-17)23-21(26)9-18(29-12-16-10-27-28-22(16)14-29)13-30(23)11-15-4-2-1-3-5-15;3*3-2(4,5)1(6)7/h1-8,10,18,21,23H,9,11-14,26H2,(H,27,28);3*(H,6,7)/t18-,21+,23-;;;/m1.../s1. The first-order chi connectivity index (χ1) is 23.4. The Labute approximate surface area is 280 Å². The lowest BCUT2D eigenvalue weighted by Crippen LogP contribution is -2.55. The molecule has 5 rings (SSSR count). The largest absolute Gasteiger partial charge is 0.490 e. The van der Waals surface area contributed by atoms with Crippen molar-refractivity contribution in [2.24, 2.45) is 5.73 Å². The number of hydrogen-bond acceptors (Lipinski definition) is 7. The number of nitrogens with two attached hydrogens (primary N) is 1. The number of nitrogens with zero attached hydrogens (tertiary/aromatic N) is 3. The Bertz CT molecular complexity index is 1540. The van der Waals surface area contributed by atoms with Crippen molar-refractivity contribution in [3.05, 3.63) is 88.7 Å². The zero-order chi connectivity index (χ0) is 38.9. The predicted octanol–water partition coefficient (Wildman–Crippen LogP) is 5.25. The summed E-state index contributed by atoms with van der Waals surface area (Å²) in [4.78, 5) is 31.3. The molecule has 0 spiro atoms. The van der Waals surface area contributed by atoms with Gasteiger partial charge in [-0.1, -0.05) is 30.3 Å². The van der Waals surface area contributed by atoms with Crippen LogP contribution in [0.5, 0.6) is 0 Å². The summed E-state index contributed by atoms with van der Waals surface area (Å²) < 4.78 is 124. The molecule has 282 valence electrons. The van der Waals surface area contributed by atoms with Crippen LogP contribution < -0.4 is 5.73 Å². The molecule has 2 aliphatic rings. The smallest absolute Gasteiger partial charge is 0.475 e. The maximum atomic E-state index is 14.7. The molecular formula is C29H28F11N5O6. The summed E-state index contributed by atoms with van der Waals surface area (Å²) in [5.74, 6) is -9.12. The van der Waals surface area contributed by atoms with E-state index in [1.54, 1.807) is 0 Å². The Morgan fingerprint density at radius 3 is 1.80 bits per heavy atom. The number of rotatable bonds is 4.